The molecule has 134 valence electrons. The average molecular weight is 344 g/mol. The van der Waals surface area contributed by atoms with Crippen LogP contribution in [-0.2, 0) is 4.79 Å². The Morgan fingerprint density at radius 3 is 2.84 bits per heavy atom. The van der Waals surface area contributed by atoms with Gasteiger partial charge in [0, 0.05) is 12.6 Å². The van der Waals surface area contributed by atoms with Crippen LogP contribution in [0, 0.1) is 18.8 Å². The van der Waals surface area contributed by atoms with Crippen molar-refractivity contribution in [3.05, 3.63) is 29.7 Å². The van der Waals surface area contributed by atoms with Crippen molar-refractivity contribution in [2.24, 2.45) is 11.8 Å². The second-order valence-corrected chi connectivity index (χ2v) is 6.66. The number of hydrogen-bond donors (Lipinski definition) is 1. The smallest absolute Gasteiger partial charge is 0.306 e. The zero-order valence-corrected chi connectivity index (χ0v) is 14.7. The molecule has 0 amide bonds. The molecule has 2 unspecified atom stereocenters. The molecule has 0 saturated heterocycles. The van der Waals surface area contributed by atoms with E-state index in [4.69, 9.17) is 4.74 Å². The maximum Gasteiger partial charge on any atom is 0.306 e. The highest BCUT2D eigenvalue weighted by atomic mass is 16.5. The lowest BCUT2D eigenvalue weighted by Gasteiger charge is -2.27. The molecule has 2 aromatic heterocycles. The first kappa shape index (κ1) is 17.5. The fourth-order valence-corrected chi connectivity index (χ4v) is 3.87. The molecule has 2 heterocycles. The summed E-state index contributed by atoms with van der Waals surface area (Å²) in [7, 11) is 0. The number of aryl methyl sites for hydroxylation is 1. The van der Waals surface area contributed by atoms with E-state index in [-0.39, 0.29) is 18.1 Å². The van der Waals surface area contributed by atoms with Crippen molar-refractivity contribution >= 4 is 17.4 Å². The molecule has 6 nitrogen and oxygen atoms in total. The fraction of sp³-hybridized carbons (Fsp3) is 0.526. The van der Waals surface area contributed by atoms with Gasteiger partial charge in [-0.1, -0.05) is 12.8 Å². The van der Waals surface area contributed by atoms with Gasteiger partial charge in [-0.25, -0.2) is 4.98 Å². The summed E-state index contributed by atoms with van der Waals surface area (Å²) in [5.74, 6) is -0.703. The Morgan fingerprint density at radius 1 is 1.36 bits per heavy atom. The second-order valence-electron chi connectivity index (χ2n) is 6.66. The average Bonchev–Trinajstić information content (AvgIpc) is 2.92. The normalized spacial score (nSPS) is 20.6. The molecular formula is C19H24N2O4. The molecule has 2 aromatic rings. The number of aliphatic carboxylic acids is 1. The molecule has 1 aliphatic carbocycles. The number of carbonyl (C=O) groups excluding carboxylic acids is 1. The maximum atomic E-state index is 13.0. The molecule has 1 fully saturated rings. The molecule has 1 N–H and O–H groups in total. The van der Waals surface area contributed by atoms with Crippen molar-refractivity contribution in [3.63, 3.8) is 0 Å². The van der Waals surface area contributed by atoms with Crippen LogP contribution in [0.2, 0.25) is 0 Å². The Balaban J connectivity index is 1.90. The summed E-state index contributed by atoms with van der Waals surface area (Å²) in [6.07, 6.45) is 5.43. The Labute approximate surface area is 146 Å². The number of carbonyl (C=O) groups is 2. The van der Waals surface area contributed by atoms with Gasteiger partial charge in [-0.2, -0.15) is 0 Å². The Morgan fingerprint density at radius 2 is 2.12 bits per heavy atom. The molecule has 0 aromatic carbocycles. The van der Waals surface area contributed by atoms with Crippen LogP contribution in [0.3, 0.4) is 0 Å². The largest absolute Gasteiger partial charge is 0.490 e. The minimum absolute atomic E-state index is 0.0446. The lowest BCUT2D eigenvalue weighted by molar-refractivity contribution is -0.144. The van der Waals surface area contributed by atoms with Crippen molar-refractivity contribution in [3.8, 4) is 5.75 Å². The third-order valence-corrected chi connectivity index (χ3v) is 5.03. The van der Waals surface area contributed by atoms with Gasteiger partial charge in [-0.05, 0) is 44.7 Å². The quantitative estimate of drug-likeness (QED) is 0.811. The number of nitrogens with zero attached hydrogens (tertiary/aromatic N) is 2. The summed E-state index contributed by atoms with van der Waals surface area (Å²) in [5.41, 5.74) is 1.81. The lowest BCUT2D eigenvalue weighted by atomic mass is 9.76. The van der Waals surface area contributed by atoms with E-state index in [0.717, 1.165) is 19.3 Å². The Hall–Kier alpha value is -2.37. The molecule has 0 spiro atoms. The summed E-state index contributed by atoms with van der Waals surface area (Å²) in [4.78, 5) is 28.9. The molecule has 0 bridgehead atoms. The zero-order valence-electron chi connectivity index (χ0n) is 14.7. The summed E-state index contributed by atoms with van der Waals surface area (Å²) in [6, 6.07) is 3.66. The minimum Gasteiger partial charge on any atom is -0.490 e. The summed E-state index contributed by atoms with van der Waals surface area (Å²) < 4.78 is 7.36. The molecular weight excluding hydrogens is 320 g/mol. The van der Waals surface area contributed by atoms with E-state index in [1.54, 1.807) is 10.6 Å². The van der Waals surface area contributed by atoms with Crippen LogP contribution in [0.4, 0.5) is 0 Å². The second kappa shape index (κ2) is 7.25. The number of rotatable bonds is 6. The molecule has 1 aliphatic rings. The first-order valence-corrected chi connectivity index (χ1v) is 8.89. The number of Topliss-reactive ketones (excluding diaryl/α,β-unsaturated/α-hetero) is 1. The first-order chi connectivity index (χ1) is 12.0. The van der Waals surface area contributed by atoms with Gasteiger partial charge in [0.05, 0.1) is 18.2 Å². The summed E-state index contributed by atoms with van der Waals surface area (Å²) in [6.45, 7) is 4.24. The molecule has 2 atom stereocenters. The molecule has 1 saturated carbocycles. The SMILES string of the molecule is CCOc1cccn2c(C(=O)CC3CCCCC3C(=O)O)c(C)nc12. The standard InChI is InChI=1S/C19H24N2O4/c1-3-25-16-9-6-10-21-17(12(2)20-18(16)21)15(22)11-13-7-4-5-8-14(13)19(23)24/h6,9-10,13-14H,3-5,7-8,11H2,1-2H3,(H,23,24). The number of fused-ring (bicyclic) bond motifs is 1. The monoisotopic (exact) mass is 344 g/mol. The molecule has 6 heteroatoms. The number of imidazole rings is 1. The van der Waals surface area contributed by atoms with E-state index >= 15 is 0 Å². The topological polar surface area (TPSA) is 80.9 Å². The summed E-state index contributed by atoms with van der Waals surface area (Å²) >= 11 is 0. The highest BCUT2D eigenvalue weighted by Crippen LogP contribution is 2.34. The fourth-order valence-electron chi connectivity index (χ4n) is 3.87. The summed E-state index contributed by atoms with van der Waals surface area (Å²) in [5, 5.41) is 9.43. The third-order valence-electron chi connectivity index (χ3n) is 5.03. The number of carboxylic acids is 1. The van der Waals surface area contributed by atoms with Crippen molar-refractivity contribution in [2.45, 2.75) is 46.0 Å². The van der Waals surface area contributed by atoms with Crippen molar-refractivity contribution in [1.29, 1.82) is 0 Å². The van der Waals surface area contributed by atoms with Crippen LogP contribution >= 0.6 is 0 Å². The predicted molar refractivity (Wildman–Crippen MR) is 93.1 cm³/mol. The lowest BCUT2D eigenvalue weighted by Crippen LogP contribution is -2.29. The van der Waals surface area contributed by atoms with E-state index in [1.165, 1.54) is 0 Å². The van der Waals surface area contributed by atoms with E-state index in [0.29, 0.717) is 35.8 Å². The van der Waals surface area contributed by atoms with Crippen molar-refractivity contribution in [1.82, 2.24) is 9.38 Å². The molecule has 3 rings (SSSR count). The van der Waals surface area contributed by atoms with E-state index in [9.17, 15) is 14.7 Å². The highest BCUT2D eigenvalue weighted by molar-refractivity contribution is 5.97. The van der Waals surface area contributed by atoms with Crippen molar-refractivity contribution < 1.29 is 19.4 Å². The number of pyridine rings is 1. The number of aromatic nitrogens is 2. The minimum atomic E-state index is -0.786. The van der Waals surface area contributed by atoms with Gasteiger partial charge in [0.2, 0.25) is 0 Å². The Kier molecular flexibility index (Phi) is 5.06. The van der Waals surface area contributed by atoms with Gasteiger partial charge in [0.15, 0.2) is 17.2 Å². The van der Waals surface area contributed by atoms with Crippen LogP contribution < -0.4 is 4.74 Å². The van der Waals surface area contributed by atoms with E-state index in [1.807, 2.05) is 26.0 Å². The zero-order chi connectivity index (χ0) is 18.0. The van der Waals surface area contributed by atoms with Gasteiger partial charge in [0.25, 0.3) is 0 Å². The van der Waals surface area contributed by atoms with Crippen LogP contribution in [-0.4, -0.2) is 32.9 Å². The Bertz CT molecular complexity index is 796. The molecule has 0 aliphatic heterocycles. The molecule has 25 heavy (non-hydrogen) atoms. The number of carboxylic acid groups (broad SMARTS) is 1. The third kappa shape index (κ3) is 3.38. The van der Waals surface area contributed by atoms with Gasteiger partial charge in [0.1, 0.15) is 5.69 Å². The number of ketones is 1. The van der Waals surface area contributed by atoms with Gasteiger partial charge in [-0.15, -0.1) is 0 Å². The van der Waals surface area contributed by atoms with Crippen LogP contribution in [0.15, 0.2) is 18.3 Å². The predicted octanol–water partition coefficient (Wildman–Crippen LogP) is 3.51. The van der Waals surface area contributed by atoms with Crippen LogP contribution in [0.25, 0.3) is 5.65 Å². The maximum absolute atomic E-state index is 13.0. The van der Waals surface area contributed by atoms with Crippen LogP contribution in [0.1, 0.15) is 55.2 Å². The molecule has 0 radical (unpaired) electrons. The van der Waals surface area contributed by atoms with Gasteiger partial charge in [-0.3, -0.25) is 14.0 Å². The van der Waals surface area contributed by atoms with E-state index < -0.39 is 11.9 Å². The number of hydrogen-bond acceptors (Lipinski definition) is 4. The first-order valence-electron chi connectivity index (χ1n) is 8.89. The van der Waals surface area contributed by atoms with Crippen LogP contribution in [0.5, 0.6) is 5.75 Å². The van der Waals surface area contributed by atoms with Gasteiger partial charge >= 0.3 is 5.97 Å². The van der Waals surface area contributed by atoms with E-state index in [2.05, 4.69) is 4.98 Å². The van der Waals surface area contributed by atoms with Gasteiger partial charge < -0.3 is 9.84 Å². The van der Waals surface area contributed by atoms with Crippen molar-refractivity contribution in [2.75, 3.05) is 6.61 Å². The number of ether oxygens (including phenoxy) is 1. The highest BCUT2D eigenvalue weighted by Gasteiger charge is 2.33.